The average molecular weight is 206 g/mol. The SMILES string of the molecule is NC1(c2ccccc2Cl)C=CC=CC1. The van der Waals surface area contributed by atoms with Crippen LogP contribution in [0.25, 0.3) is 0 Å². The van der Waals surface area contributed by atoms with Gasteiger partial charge in [0, 0.05) is 5.02 Å². The Hall–Kier alpha value is -1.05. The third kappa shape index (κ3) is 1.61. The molecule has 14 heavy (non-hydrogen) atoms. The van der Waals surface area contributed by atoms with E-state index in [1.165, 1.54) is 0 Å². The Morgan fingerprint density at radius 1 is 1.21 bits per heavy atom. The summed E-state index contributed by atoms with van der Waals surface area (Å²) in [6.07, 6.45) is 8.82. The van der Waals surface area contributed by atoms with Gasteiger partial charge in [0.25, 0.3) is 0 Å². The van der Waals surface area contributed by atoms with Crippen LogP contribution in [0.1, 0.15) is 12.0 Å². The molecule has 0 bridgehead atoms. The standard InChI is InChI=1S/C12H12ClN/c13-11-7-3-2-6-10(11)12(14)8-4-1-5-9-12/h1-8H,9,14H2. The molecule has 2 heteroatoms. The van der Waals surface area contributed by atoms with Crippen LogP contribution in [0, 0.1) is 0 Å². The maximum absolute atomic E-state index is 6.26. The number of allylic oxidation sites excluding steroid dienone is 2. The van der Waals surface area contributed by atoms with Crippen molar-refractivity contribution >= 4 is 11.6 Å². The number of rotatable bonds is 1. The van der Waals surface area contributed by atoms with Gasteiger partial charge in [0.1, 0.15) is 0 Å². The van der Waals surface area contributed by atoms with Crippen molar-refractivity contribution in [1.29, 1.82) is 0 Å². The second kappa shape index (κ2) is 3.60. The minimum atomic E-state index is -0.437. The monoisotopic (exact) mass is 205 g/mol. The molecule has 0 saturated heterocycles. The van der Waals surface area contributed by atoms with Crippen LogP contribution >= 0.6 is 11.6 Å². The normalized spacial score (nSPS) is 25.3. The van der Waals surface area contributed by atoms with Crippen molar-refractivity contribution in [3.8, 4) is 0 Å². The third-order valence-electron chi connectivity index (χ3n) is 2.47. The summed E-state index contributed by atoms with van der Waals surface area (Å²) in [5, 5.41) is 0.731. The molecule has 1 aromatic rings. The van der Waals surface area contributed by atoms with Crippen LogP contribution in [-0.4, -0.2) is 0 Å². The Labute approximate surface area is 88.9 Å². The van der Waals surface area contributed by atoms with Crippen LogP contribution < -0.4 is 5.73 Å². The zero-order valence-corrected chi connectivity index (χ0v) is 8.54. The second-order valence-corrected chi connectivity index (χ2v) is 3.92. The number of hydrogen-bond donors (Lipinski definition) is 1. The first kappa shape index (κ1) is 9.50. The van der Waals surface area contributed by atoms with E-state index in [2.05, 4.69) is 6.08 Å². The number of halogens is 1. The van der Waals surface area contributed by atoms with Crippen LogP contribution in [-0.2, 0) is 5.54 Å². The molecule has 1 aromatic carbocycles. The molecular weight excluding hydrogens is 194 g/mol. The van der Waals surface area contributed by atoms with E-state index in [1.54, 1.807) is 0 Å². The van der Waals surface area contributed by atoms with E-state index < -0.39 is 5.54 Å². The topological polar surface area (TPSA) is 26.0 Å². The van der Waals surface area contributed by atoms with Gasteiger partial charge in [-0.05, 0) is 18.1 Å². The lowest BCUT2D eigenvalue weighted by Crippen LogP contribution is -2.34. The highest BCUT2D eigenvalue weighted by Crippen LogP contribution is 2.31. The van der Waals surface area contributed by atoms with Crippen LogP contribution in [0.4, 0.5) is 0 Å². The fraction of sp³-hybridized carbons (Fsp3) is 0.167. The lowest BCUT2D eigenvalue weighted by Gasteiger charge is -2.27. The van der Waals surface area contributed by atoms with E-state index in [0.717, 1.165) is 17.0 Å². The second-order valence-electron chi connectivity index (χ2n) is 3.51. The maximum Gasteiger partial charge on any atom is 0.0648 e. The van der Waals surface area contributed by atoms with Gasteiger partial charge < -0.3 is 5.73 Å². The quantitative estimate of drug-likeness (QED) is 0.750. The van der Waals surface area contributed by atoms with E-state index in [4.69, 9.17) is 17.3 Å². The summed E-state index contributed by atoms with van der Waals surface area (Å²) in [6.45, 7) is 0. The van der Waals surface area contributed by atoms with Crippen LogP contribution in [0.3, 0.4) is 0 Å². The molecule has 0 fully saturated rings. The molecule has 0 aromatic heterocycles. The van der Waals surface area contributed by atoms with Crippen LogP contribution in [0.5, 0.6) is 0 Å². The minimum absolute atomic E-state index is 0.437. The third-order valence-corrected chi connectivity index (χ3v) is 2.80. The summed E-state index contributed by atoms with van der Waals surface area (Å²) in [6, 6.07) is 7.73. The van der Waals surface area contributed by atoms with Gasteiger partial charge in [-0.3, -0.25) is 0 Å². The van der Waals surface area contributed by atoms with Crippen molar-refractivity contribution in [2.45, 2.75) is 12.0 Å². The molecule has 0 aliphatic heterocycles. The van der Waals surface area contributed by atoms with Gasteiger partial charge in [0.2, 0.25) is 0 Å². The molecule has 1 aliphatic rings. The Balaban J connectivity index is 2.44. The lowest BCUT2D eigenvalue weighted by molar-refractivity contribution is 0.566. The Bertz CT molecular complexity index is 395. The van der Waals surface area contributed by atoms with Gasteiger partial charge in [-0.15, -0.1) is 0 Å². The fourth-order valence-corrected chi connectivity index (χ4v) is 1.99. The predicted octanol–water partition coefficient (Wildman–Crippen LogP) is 3.01. The number of hydrogen-bond acceptors (Lipinski definition) is 1. The zero-order chi connectivity index (χ0) is 10.0. The van der Waals surface area contributed by atoms with E-state index in [-0.39, 0.29) is 0 Å². The highest BCUT2D eigenvalue weighted by Gasteiger charge is 2.25. The summed E-state index contributed by atoms with van der Waals surface area (Å²) in [4.78, 5) is 0. The van der Waals surface area contributed by atoms with Gasteiger partial charge in [0.15, 0.2) is 0 Å². The fourth-order valence-electron chi connectivity index (χ4n) is 1.68. The Morgan fingerprint density at radius 3 is 2.64 bits per heavy atom. The van der Waals surface area contributed by atoms with Crippen molar-refractivity contribution < 1.29 is 0 Å². The molecular formula is C12H12ClN. The zero-order valence-electron chi connectivity index (χ0n) is 7.78. The van der Waals surface area contributed by atoms with Crippen molar-refractivity contribution in [2.75, 3.05) is 0 Å². The van der Waals surface area contributed by atoms with Crippen molar-refractivity contribution in [1.82, 2.24) is 0 Å². The predicted molar refractivity (Wildman–Crippen MR) is 60.2 cm³/mol. The highest BCUT2D eigenvalue weighted by atomic mass is 35.5. The molecule has 1 unspecified atom stereocenters. The maximum atomic E-state index is 6.26. The summed E-state index contributed by atoms with van der Waals surface area (Å²) >= 11 is 6.11. The first-order chi connectivity index (χ1) is 6.72. The number of benzene rings is 1. The Morgan fingerprint density at radius 2 is 2.00 bits per heavy atom. The molecule has 2 rings (SSSR count). The largest absolute Gasteiger partial charge is 0.318 e. The molecule has 72 valence electrons. The summed E-state index contributed by atoms with van der Waals surface area (Å²) < 4.78 is 0. The lowest BCUT2D eigenvalue weighted by atomic mass is 9.85. The van der Waals surface area contributed by atoms with Crippen LogP contribution in [0.15, 0.2) is 48.6 Å². The van der Waals surface area contributed by atoms with Crippen molar-refractivity contribution in [3.05, 3.63) is 59.2 Å². The molecule has 1 nitrogen and oxygen atoms in total. The molecule has 0 amide bonds. The molecule has 0 radical (unpaired) electrons. The molecule has 1 aliphatic carbocycles. The highest BCUT2D eigenvalue weighted by molar-refractivity contribution is 6.31. The van der Waals surface area contributed by atoms with Gasteiger partial charge in [-0.25, -0.2) is 0 Å². The van der Waals surface area contributed by atoms with E-state index in [1.807, 2.05) is 42.5 Å². The minimum Gasteiger partial charge on any atom is -0.318 e. The summed E-state index contributed by atoms with van der Waals surface area (Å²) in [5.41, 5.74) is 6.81. The first-order valence-electron chi connectivity index (χ1n) is 4.61. The van der Waals surface area contributed by atoms with Crippen molar-refractivity contribution in [2.24, 2.45) is 5.73 Å². The van der Waals surface area contributed by atoms with Gasteiger partial charge in [-0.1, -0.05) is 54.1 Å². The van der Waals surface area contributed by atoms with E-state index in [0.29, 0.717) is 0 Å². The Kier molecular flexibility index (Phi) is 2.44. The molecule has 0 saturated carbocycles. The number of nitrogens with two attached hydrogens (primary N) is 1. The van der Waals surface area contributed by atoms with Crippen LogP contribution in [0.2, 0.25) is 5.02 Å². The average Bonchev–Trinajstić information content (AvgIpc) is 2.19. The first-order valence-corrected chi connectivity index (χ1v) is 4.98. The summed E-state index contributed by atoms with van der Waals surface area (Å²) in [5.74, 6) is 0. The van der Waals surface area contributed by atoms with Crippen molar-refractivity contribution in [3.63, 3.8) is 0 Å². The van der Waals surface area contributed by atoms with Gasteiger partial charge in [0.05, 0.1) is 5.54 Å². The molecule has 2 N–H and O–H groups in total. The molecule has 1 atom stereocenters. The van der Waals surface area contributed by atoms with Gasteiger partial charge >= 0.3 is 0 Å². The molecule has 0 spiro atoms. The van der Waals surface area contributed by atoms with E-state index >= 15 is 0 Å². The van der Waals surface area contributed by atoms with E-state index in [9.17, 15) is 0 Å². The smallest absolute Gasteiger partial charge is 0.0648 e. The summed E-state index contributed by atoms with van der Waals surface area (Å²) in [7, 11) is 0. The van der Waals surface area contributed by atoms with Gasteiger partial charge in [-0.2, -0.15) is 0 Å². The molecule has 0 heterocycles.